The molecule has 0 heterocycles. The Morgan fingerprint density at radius 2 is 0.932 bits per heavy atom. The van der Waals surface area contributed by atoms with Crippen LogP contribution in [0.15, 0.2) is 131 Å². The molecular formula is C40H34N2O2. The number of hydrogen-bond acceptors (Lipinski definition) is 4. The van der Waals surface area contributed by atoms with Gasteiger partial charge in [-0.1, -0.05) is 98.8 Å². The number of phenolic OH excluding ortho intramolecular Hbond substituents is 2. The topological polar surface area (TPSA) is 65.2 Å². The molecule has 0 unspecified atom stereocenters. The molecule has 216 valence electrons. The quantitative estimate of drug-likeness (QED) is 0.178. The second-order valence-corrected chi connectivity index (χ2v) is 10.8. The van der Waals surface area contributed by atoms with Gasteiger partial charge in [-0.15, -0.1) is 0 Å². The molecule has 0 saturated heterocycles. The van der Waals surface area contributed by atoms with E-state index in [2.05, 4.69) is 24.3 Å². The minimum atomic E-state index is 0.245. The van der Waals surface area contributed by atoms with Gasteiger partial charge in [0.1, 0.15) is 11.5 Å². The van der Waals surface area contributed by atoms with Crippen molar-refractivity contribution in [3.05, 3.63) is 144 Å². The minimum absolute atomic E-state index is 0.245. The number of fused-ring (bicyclic) bond motifs is 1. The standard InChI is InChI=1S/C40H34N2O2/c1-3-27-21-32(29-13-7-5-8-14-29)23-34(39(27)43)25-41-36-19-11-17-31-18-12-20-37(38(31)36)42-26-35-24-33(22-28(4-2)40(35)44)30-15-9-6-10-16-30/h5-26,43-44H,3-4H2,1-2H3. The third kappa shape index (κ3) is 5.88. The fourth-order valence-corrected chi connectivity index (χ4v) is 5.56. The van der Waals surface area contributed by atoms with Crippen LogP contribution in [0, 0.1) is 0 Å². The number of nitrogens with zero attached hydrogens (tertiary/aromatic N) is 2. The van der Waals surface area contributed by atoms with Crippen molar-refractivity contribution in [3.8, 4) is 33.8 Å². The highest BCUT2D eigenvalue weighted by molar-refractivity contribution is 6.04. The van der Waals surface area contributed by atoms with Gasteiger partial charge in [0.15, 0.2) is 0 Å². The number of rotatable bonds is 8. The molecule has 0 fully saturated rings. The zero-order valence-corrected chi connectivity index (χ0v) is 24.9. The lowest BCUT2D eigenvalue weighted by atomic mass is 9.97. The lowest BCUT2D eigenvalue weighted by Gasteiger charge is -2.11. The molecule has 0 radical (unpaired) electrons. The number of phenols is 2. The summed E-state index contributed by atoms with van der Waals surface area (Å²) in [6.45, 7) is 4.08. The maximum Gasteiger partial charge on any atom is 0.127 e. The Balaban J connectivity index is 1.41. The van der Waals surface area contributed by atoms with Gasteiger partial charge in [-0.25, -0.2) is 0 Å². The number of aliphatic imine (C=N–C) groups is 2. The first-order chi connectivity index (χ1) is 21.6. The molecule has 2 N–H and O–H groups in total. The van der Waals surface area contributed by atoms with Gasteiger partial charge in [-0.3, -0.25) is 9.98 Å². The van der Waals surface area contributed by atoms with Crippen molar-refractivity contribution in [1.82, 2.24) is 0 Å². The van der Waals surface area contributed by atoms with Gasteiger partial charge < -0.3 is 10.2 Å². The summed E-state index contributed by atoms with van der Waals surface area (Å²) in [4.78, 5) is 9.76. The summed E-state index contributed by atoms with van der Waals surface area (Å²) in [6, 6.07) is 40.3. The second kappa shape index (κ2) is 12.8. The van der Waals surface area contributed by atoms with Gasteiger partial charge in [0, 0.05) is 28.9 Å². The van der Waals surface area contributed by atoms with E-state index in [4.69, 9.17) is 9.98 Å². The molecule has 0 aliphatic heterocycles. The maximum absolute atomic E-state index is 11.1. The first-order valence-electron chi connectivity index (χ1n) is 15.0. The van der Waals surface area contributed by atoms with E-state index in [0.717, 1.165) is 55.5 Å². The molecule has 0 spiro atoms. The van der Waals surface area contributed by atoms with Crippen LogP contribution in [0.5, 0.6) is 11.5 Å². The van der Waals surface area contributed by atoms with Crippen LogP contribution in [0.3, 0.4) is 0 Å². The van der Waals surface area contributed by atoms with Crippen molar-refractivity contribution in [2.24, 2.45) is 9.98 Å². The first kappa shape index (κ1) is 28.6. The van der Waals surface area contributed by atoms with Crippen LogP contribution in [0.1, 0.15) is 36.1 Å². The van der Waals surface area contributed by atoms with E-state index in [1.165, 1.54) is 0 Å². The van der Waals surface area contributed by atoms with Crippen LogP contribution in [0.2, 0.25) is 0 Å². The van der Waals surface area contributed by atoms with E-state index in [0.29, 0.717) is 24.0 Å². The first-order valence-corrected chi connectivity index (χ1v) is 15.0. The molecule has 0 aliphatic carbocycles. The highest BCUT2D eigenvalue weighted by atomic mass is 16.3. The molecule has 0 saturated carbocycles. The zero-order valence-electron chi connectivity index (χ0n) is 24.9. The van der Waals surface area contributed by atoms with E-state index in [1.54, 1.807) is 12.4 Å². The Hall–Kier alpha value is -5.48. The van der Waals surface area contributed by atoms with Gasteiger partial charge in [-0.05, 0) is 88.0 Å². The Bertz CT molecular complexity index is 1850. The second-order valence-electron chi connectivity index (χ2n) is 10.8. The number of hydrogen-bond donors (Lipinski definition) is 2. The van der Waals surface area contributed by atoms with Crippen LogP contribution in [-0.4, -0.2) is 22.6 Å². The molecule has 0 aromatic heterocycles. The Labute approximate surface area is 258 Å². The molecule has 0 atom stereocenters. The summed E-state index contributed by atoms with van der Waals surface area (Å²) >= 11 is 0. The molecule has 6 rings (SSSR count). The minimum Gasteiger partial charge on any atom is -0.507 e. The highest BCUT2D eigenvalue weighted by Gasteiger charge is 2.12. The number of benzene rings is 6. The van der Waals surface area contributed by atoms with Crippen LogP contribution < -0.4 is 0 Å². The van der Waals surface area contributed by atoms with Gasteiger partial charge in [0.25, 0.3) is 0 Å². The van der Waals surface area contributed by atoms with E-state index in [-0.39, 0.29) is 11.5 Å². The van der Waals surface area contributed by atoms with Crippen LogP contribution in [0.25, 0.3) is 33.0 Å². The lowest BCUT2D eigenvalue weighted by Crippen LogP contribution is -1.92. The van der Waals surface area contributed by atoms with E-state index in [1.807, 2.05) is 111 Å². The Morgan fingerprint density at radius 1 is 0.500 bits per heavy atom. The summed E-state index contributed by atoms with van der Waals surface area (Å²) in [5.41, 5.74) is 8.81. The maximum atomic E-state index is 11.1. The van der Waals surface area contributed by atoms with Crippen molar-refractivity contribution in [2.45, 2.75) is 26.7 Å². The monoisotopic (exact) mass is 574 g/mol. The average molecular weight is 575 g/mol. The van der Waals surface area contributed by atoms with Gasteiger partial charge in [0.2, 0.25) is 0 Å². The summed E-state index contributed by atoms with van der Waals surface area (Å²) < 4.78 is 0. The predicted octanol–water partition coefficient (Wildman–Crippen LogP) is 10.2. The van der Waals surface area contributed by atoms with Crippen molar-refractivity contribution in [3.63, 3.8) is 0 Å². The SMILES string of the molecule is CCc1cc(-c2ccccc2)cc(C=Nc2cccc3cccc(N=Cc4cc(-c5ccccc5)cc(CC)c4O)c23)c1O. The highest BCUT2D eigenvalue weighted by Crippen LogP contribution is 2.36. The molecular weight excluding hydrogens is 540 g/mol. The molecule has 6 aromatic rings. The molecule has 4 nitrogen and oxygen atoms in total. The largest absolute Gasteiger partial charge is 0.507 e. The average Bonchev–Trinajstić information content (AvgIpc) is 3.08. The molecule has 44 heavy (non-hydrogen) atoms. The van der Waals surface area contributed by atoms with Crippen LogP contribution in [-0.2, 0) is 12.8 Å². The summed E-state index contributed by atoms with van der Waals surface area (Å²) in [5, 5.41) is 24.0. The third-order valence-corrected chi connectivity index (χ3v) is 7.96. The summed E-state index contributed by atoms with van der Waals surface area (Å²) in [7, 11) is 0. The lowest BCUT2D eigenvalue weighted by molar-refractivity contribution is 0.467. The number of aryl methyl sites for hydroxylation is 2. The molecule has 0 bridgehead atoms. The number of aromatic hydroxyl groups is 2. The van der Waals surface area contributed by atoms with Crippen LogP contribution in [0.4, 0.5) is 11.4 Å². The Kier molecular flexibility index (Phi) is 8.33. The zero-order chi connectivity index (χ0) is 30.5. The molecule has 0 aliphatic rings. The summed E-state index contributed by atoms with van der Waals surface area (Å²) in [6.07, 6.45) is 4.88. The van der Waals surface area contributed by atoms with Crippen LogP contribution >= 0.6 is 0 Å². The van der Waals surface area contributed by atoms with Crippen molar-refractivity contribution < 1.29 is 10.2 Å². The predicted molar refractivity (Wildman–Crippen MR) is 184 cm³/mol. The van der Waals surface area contributed by atoms with Crippen molar-refractivity contribution in [2.75, 3.05) is 0 Å². The fourth-order valence-electron chi connectivity index (χ4n) is 5.56. The van der Waals surface area contributed by atoms with Gasteiger partial charge in [0.05, 0.1) is 11.4 Å². The smallest absolute Gasteiger partial charge is 0.127 e. The van der Waals surface area contributed by atoms with Crippen molar-refractivity contribution >= 4 is 34.6 Å². The van der Waals surface area contributed by atoms with E-state index >= 15 is 0 Å². The van der Waals surface area contributed by atoms with Gasteiger partial charge in [-0.2, -0.15) is 0 Å². The molecule has 6 aromatic carbocycles. The van der Waals surface area contributed by atoms with E-state index in [9.17, 15) is 10.2 Å². The van der Waals surface area contributed by atoms with E-state index < -0.39 is 0 Å². The van der Waals surface area contributed by atoms with Crippen molar-refractivity contribution in [1.29, 1.82) is 0 Å². The third-order valence-electron chi connectivity index (χ3n) is 7.96. The Morgan fingerprint density at radius 3 is 1.34 bits per heavy atom. The molecule has 4 heteroatoms. The summed E-state index contributed by atoms with van der Waals surface area (Å²) in [5.74, 6) is 0.491. The van der Waals surface area contributed by atoms with Gasteiger partial charge >= 0.3 is 0 Å². The normalized spacial score (nSPS) is 11.6. The molecule has 0 amide bonds. The fraction of sp³-hybridized carbons (Fsp3) is 0.100.